The fraction of sp³-hybridized carbons (Fsp3) is 0.111. The van der Waals surface area contributed by atoms with Crippen molar-refractivity contribution in [2.45, 2.75) is 13.3 Å². The van der Waals surface area contributed by atoms with Gasteiger partial charge in [-0.2, -0.15) is 5.10 Å². The molecule has 2 aromatic carbocycles. The van der Waals surface area contributed by atoms with Crippen molar-refractivity contribution in [3.8, 4) is 11.1 Å². The summed E-state index contributed by atoms with van der Waals surface area (Å²) >= 11 is 0. The third-order valence-corrected chi connectivity index (χ3v) is 3.77. The highest BCUT2D eigenvalue weighted by molar-refractivity contribution is 5.87. The molecule has 0 aliphatic carbocycles. The molecule has 5 heteroatoms. The lowest BCUT2D eigenvalue weighted by molar-refractivity contribution is 0.0689. The monoisotopic (exact) mass is 310 g/mol. The molecule has 23 heavy (non-hydrogen) atoms. The smallest absolute Gasteiger partial charge is 0.356 e. The fourth-order valence-electron chi connectivity index (χ4n) is 2.59. The summed E-state index contributed by atoms with van der Waals surface area (Å²) in [7, 11) is 0. The maximum Gasteiger partial charge on any atom is 0.356 e. The van der Waals surface area contributed by atoms with Crippen molar-refractivity contribution in [2.75, 3.05) is 0 Å². The van der Waals surface area contributed by atoms with E-state index in [0.717, 1.165) is 16.8 Å². The van der Waals surface area contributed by atoms with Crippen LogP contribution in [0, 0.1) is 12.7 Å². The Kier molecular flexibility index (Phi) is 3.93. The van der Waals surface area contributed by atoms with E-state index in [1.54, 1.807) is 25.1 Å². The topological polar surface area (TPSA) is 66.0 Å². The van der Waals surface area contributed by atoms with Crippen LogP contribution in [0.2, 0.25) is 0 Å². The third-order valence-electron chi connectivity index (χ3n) is 3.77. The van der Waals surface area contributed by atoms with Crippen LogP contribution in [-0.4, -0.2) is 21.3 Å². The van der Waals surface area contributed by atoms with Gasteiger partial charge in [0.25, 0.3) is 0 Å². The van der Waals surface area contributed by atoms with E-state index in [0.29, 0.717) is 17.5 Å². The molecule has 0 aliphatic rings. The molecule has 4 nitrogen and oxygen atoms in total. The molecule has 0 unspecified atom stereocenters. The average molecular weight is 310 g/mol. The summed E-state index contributed by atoms with van der Waals surface area (Å²) in [5, 5.41) is 15.7. The summed E-state index contributed by atoms with van der Waals surface area (Å²) in [6, 6.07) is 14.0. The average Bonchev–Trinajstić information content (AvgIpc) is 2.89. The van der Waals surface area contributed by atoms with E-state index in [2.05, 4.69) is 10.2 Å². The van der Waals surface area contributed by atoms with Gasteiger partial charge >= 0.3 is 5.97 Å². The second-order valence-corrected chi connectivity index (χ2v) is 5.34. The van der Waals surface area contributed by atoms with Crippen LogP contribution < -0.4 is 0 Å². The molecule has 0 bridgehead atoms. The molecular formula is C18H15FN2O2. The molecule has 0 aliphatic heterocycles. The Morgan fingerprint density at radius 3 is 2.74 bits per heavy atom. The van der Waals surface area contributed by atoms with Crippen LogP contribution >= 0.6 is 0 Å². The first-order valence-electron chi connectivity index (χ1n) is 7.17. The fourth-order valence-corrected chi connectivity index (χ4v) is 2.59. The van der Waals surface area contributed by atoms with E-state index in [1.165, 1.54) is 6.07 Å². The number of carboxylic acids is 1. The summed E-state index contributed by atoms with van der Waals surface area (Å²) in [5.41, 5.74) is 3.58. The lowest BCUT2D eigenvalue weighted by Gasteiger charge is -2.07. The standard InChI is InChI=1S/C18H15FN2O2/c1-11-15(17(18(22)23)21-20-11)10-12-5-4-6-13(9-12)14-7-2-3-8-16(14)19/h2-9H,10H2,1H3,(H,20,21)(H,22,23). The Labute approximate surface area is 132 Å². The van der Waals surface area contributed by atoms with Gasteiger partial charge in [-0.3, -0.25) is 5.10 Å². The highest BCUT2D eigenvalue weighted by atomic mass is 19.1. The number of halogens is 1. The van der Waals surface area contributed by atoms with Gasteiger partial charge in [0, 0.05) is 23.2 Å². The lowest BCUT2D eigenvalue weighted by atomic mass is 9.98. The first kappa shape index (κ1) is 15.0. The summed E-state index contributed by atoms with van der Waals surface area (Å²) < 4.78 is 13.9. The van der Waals surface area contributed by atoms with Crippen LogP contribution in [0.25, 0.3) is 11.1 Å². The zero-order valence-corrected chi connectivity index (χ0v) is 12.5. The zero-order chi connectivity index (χ0) is 16.4. The number of benzene rings is 2. The number of H-pyrrole nitrogens is 1. The maximum absolute atomic E-state index is 13.9. The van der Waals surface area contributed by atoms with Crippen LogP contribution in [-0.2, 0) is 6.42 Å². The Balaban J connectivity index is 1.97. The molecule has 0 saturated carbocycles. The second-order valence-electron chi connectivity index (χ2n) is 5.34. The Morgan fingerprint density at radius 1 is 1.22 bits per heavy atom. The van der Waals surface area contributed by atoms with E-state index < -0.39 is 5.97 Å². The molecule has 0 amide bonds. The number of hydrogen-bond acceptors (Lipinski definition) is 2. The summed E-state index contributed by atoms with van der Waals surface area (Å²) in [4.78, 5) is 11.2. The summed E-state index contributed by atoms with van der Waals surface area (Å²) in [6.45, 7) is 1.79. The van der Waals surface area contributed by atoms with E-state index in [-0.39, 0.29) is 11.5 Å². The normalized spacial score (nSPS) is 10.7. The number of aryl methyl sites for hydroxylation is 1. The molecule has 1 aromatic heterocycles. The van der Waals surface area contributed by atoms with Crippen molar-refractivity contribution in [3.05, 3.63) is 76.9 Å². The Bertz CT molecular complexity index is 871. The SMILES string of the molecule is Cc1[nH]nc(C(=O)O)c1Cc1cccc(-c2ccccc2F)c1. The number of aromatic nitrogens is 2. The van der Waals surface area contributed by atoms with Crippen LogP contribution in [0.1, 0.15) is 27.3 Å². The minimum Gasteiger partial charge on any atom is -0.476 e. The molecule has 3 aromatic rings. The van der Waals surface area contributed by atoms with Gasteiger partial charge in [0.15, 0.2) is 5.69 Å². The lowest BCUT2D eigenvalue weighted by Crippen LogP contribution is -2.02. The van der Waals surface area contributed by atoms with Crippen molar-refractivity contribution in [1.29, 1.82) is 0 Å². The van der Waals surface area contributed by atoms with Crippen LogP contribution in [0.3, 0.4) is 0 Å². The Morgan fingerprint density at radius 2 is 2.00 bits per heavy atom. The molecule has 1 heterocycles. The molecule has 3 rings (SSSR count). The molecule has 0 radical (unpaired) electrons. The Hall–Kier alpha value is -2.95. The van der Waals surface area contributed by atoms with Crippen LogP contribution in [0.5, 0.6) is 0 Å². The van der Waals surface area contributed by atoms with Crippen molar-refractivity contribution < 1.29 is 14.3 Å². The van der Waals surface area contributed by atoms with Crippen molar-refractivity contribution >= 4 is 5.97 Å². The van der Waals surface area contributed by atoms with Crippen molar-refractivity contribution in [2.24, 2.45) is 0 Å². The van der Waals surface area contributed by atoms with Crippen molar-refractivity contribution in [3.63, 3.8) is 0 Å². The highest BCUT2D eigenvalue weighted by Crippen LogP contribution is 2.25. The van der Waals surface area contributed by atoms with Crippen LogP contribution in [0.4, 0.5) is 4.39 Å². The first-order valence-corrected chi connectivity index (χ1v) is 7.17. The number of rotatable bonds is 4. The number of carbonyl (C=O) groups is 1. The molecule has 0 atom stereocenters. The number of nitrogens with one attached hydrogen (secondary N) is 1. The minimum atomic E-state index is -1.06. The second kappa shape index (κ2) is 6.04. The number of carboxylic acid groups (broad SMARTS) is 1. The molecule has 2 N–H and O–H groups in total. The molecule has 116 valence electrons. The summed E-state index contributed by atoms with van der Waals surface area (Å²) in [6.07, 6.45) is 0.423. The van der Waals surface area contributed by atoms with Gasteiger partial charge in [0.05, 0.1) is 0 Å². The summed E-state index contributed by atoms with van der Waals surface area (Å²) in [5.74, 6) is -1.34. The number of nitrogens with zero attached hydrogens (tertiary/aromatic N) is 1. The predicted octanol–water partition coefficient (Wildman–Crippen LogP) is 3.81. The van der Waals surface area contributed by atoms with Crippen LogP contribution in [0.15, 0.2) is 48.5 Å². The van der Waals surface area contributed by atoms with Crippen molar-refractivity contribution in [1.82, 2.24) is 10.2 Å². The highest BCUT2D eigenvalue weighted by Gasteiger charge is 2.17. The largest absolute Gasteiger partial charge is 0.476 e. The van der Waals surface area contributed by atoms with Gasteiger partial charge in [-0.05, 0) is 24.1 Å². The number of aromatic carboxylic acids is 1. The van der Waals surface area contributed by atoms with E-state index in [9.17, 15) is 14.3 Å². The number of hydrogen-bond donors (Lipinski definition) is 2. The van der Waals surface area contributed by atoms with E-state index >= 15 is 0 Å². The minimum absolute atomic E-state index is 0.0267. The first-order chi connectivity index (χ1) is 11.1. The zero-order valence-electron chi connectivity index (χ0n) is 12.5. The van der Waals surface area contributed by atoms with Gasteiger partial charge in [-0.25, -0.2) is 9.18 Å². The molecule has 0 spiro atoms. The maximum atomic E-state index is 13.9. The van der Waals surface area contributed by atoms with E-state index in [4.69, 9.17) is 0 Å². The molecule has 0 saturated heterocycles. The van der Waals surface area contributed by atoms with E-state index in [1.807, 2.05) is 24.3 Å². The van der Waals surface area contributed by atoms with Gasteiger partial charge in [0.1, 0.15) is 5.82 Å². The third kappa shape index (κ3) is 2.99. The number of aromatic amines is 1. The van der Waals surface area contributed by atoms with Gasteiger partial charge in [-0.1, -0.05) is 42.5 Å². The molecule has 0 fully saturated rings. The molecular weight excluding hydrogens is 295 g/mol. The van der Waals surface area contributed by atoms with Gasteiger partial charge in [0.2, 0.25) is 0 Å². The predicted molar refractivity (Wildman–Crippen MR) is 84.9 cm³/mol. The quantitative estimate of drug-likeness (QED) is 0.770. The van der Waals surface area contributed by atoms with Gasteiger partial charge in [-0.15, -0.1) is 0 Å². The van der Waals surface area contributed by atoms with Gasteiger partial charge < -0.3 is 5.11 Å².